The summed E-state index contributed by atoms with van der Waals surface area (Å²) in [5.74, 6) is -2.35. The van der Waals surface area contributed by atoms with E-state index in [2.05, 4.69) is 4.98 Å². The number of hydrogen-bond donors (Lipinski definition) is 0. The highest BCUT2D eigenvalue weighted by Gasteiger charge is 2.58. The van der Waals surface area contributed by atoms with Crippen LogP contribution in [-0.4, -0.2) is 51.5 Å². The standard InChI is InChI=1S/C23H22F3N3O3/c1-13-17(26)2-3-18(27-13)21(30)28-8-6-23(7-9-28)22(31)29-19(4-5-20(29)32-23)14-10-15(24)12-16(25)11-14/h2-3,10-12,19-20H,4-9H2,1H3/t19-,20+/m0/s1. The van der Waals surface area contributed by atoms with Crippen LogP contribution in [0.5, 0.6) is 0 Å². The van der Waals surface area contributed by atoms with Crippen molar-refractivity contribution < 1.29 is 27.5 Å². The number of aromatic nitrogens is 1. The van der Waals surface area contributed by atoms with E-state index in [1.54, 1.807) is 9.80 Å². The van der Waals surface area contributed by atoms with Gasteiger partial charge in [-0.3, -0.25) is 9.59 Å². The van der Waals surface area contributed by atoms with E-state index in [0.29, 0.717) is 44.3 Å². The molecule has 5 rings (SSSR count). The van der Waals surface area contributed by atoms with E-state index in [1.807, 2.05) is 0 Å². The molecule has 1 aromatic heterocycles. The Labute approximate surface area is 183 Å². The van der Waals surface area contributed by atoms with Crippen LogP contribution in [0.1, 0.15) is 53.5 Å². The number of fused-ring (bicyclic) bond motifs is 1. The molecule has 3 aliphatic rings. The van der Waals surface area contributed by atoms with E-state index in [4.69, 9.17) is 4.74 Å². The molecule has 0 saturated carbocycles. The summed E-state index contributed by atoms with van der Waals surface area (Å²) in [7, 11) is 0. The number of carbonyl (C=O) groups is 2. The number of aryl methyl sites for hydroxylation is 1. The zero-order chi connectivity index (χ0) is 22.6. The lowest BCUT2D eigenvalue weighted by Gasteiger charge is -2.37. The van der Waals surface area contributed by atoms with E-state index >= 15 is 0 Å². The van der Waals surface area contributed by atoms with Crippen LogP contribution >= 0.6 is 0 Å². The van der Waals surface area contributed by atoms with Gasteiger partial charge in [-0.1, -0.05) is 0 Å². The molecule has 1 aromatic carbocycles. The fraction of sp³-hybridized carbons (Fsp3) is 0.435. The number of rotatable bonds is 2. The highest BCUT2D eigenvalue weighted by atomic mass is 19.1. The first-order valence-electron chi connectivity index (χ1n) is 10.7. The number of halogens is 3. The van der Waals surface area contributed by atoms with Crippen molar-refractivity contribution in [3.63, 3.8) is 0 Å². The van der Waals surface area contributed by atoms with Crippen molar-refractivity contribution >= 4 is 11.8 Å². The summed E-state index contributed by atoms with van der Waals surface area (Å²) < 4.78 is 47.1. The van der Waals surface area contributed by atoms with Gasteiger partial charge in [0.1, 0.15) is 29.4 Å². The van der Waals surface area contributed by atoms with Crippen molar-refractivity contribution in [1.29, 1.82) is 0 Å². The maximum absolute atomic E-state index is 13.7. The number of hydrogen-bond acceptors (Lipinski definition) is 4. The van der Waals surface area contributed by atoms with E-state index in [9.17, 15) is 22.8 Å². The zero-order valence-electron chi connectivity index (χ0n) is 17.5. The quantitative estimate of drug-likeness (QED) is 0.710. The third kappa shape index (κ3) is 3.35. The fourth-order valence-electron chi connectivity index (χ4n) is 5.04. The van der Waals surface area contributed by atoms with E-state index in [1.165, 1.54) is 31.2 Å². The Hall–Kier alpha value is -2.94. The molecular weight excluding hydrogens is 423 g/mol. The van der Waals surface area contributed by atoms with Crippen molar-refractivity contribution in [3.8, 4) is 0 Å². The van der Waals surface area contributed by atoms with Crippen molar-refractivity contribution in [3.05, 3.63) is 64.7 Å². The summed E-state index contributed by atoms with van der Waals surface area (Å²) >= 11 is 0. The molecule has 0 aliphatic carbocycles. The van der Waals surface area contributed by atoms with Crippen LogP contribution in [-0.2, 0) is 9.53 Å². The second kappa shape index (κ2) is 7.58. The number of piperidine rings is 1. The van der Waals surface area contributed by atoms with Gasteiger partial charge < -0.3 is 14.5 Å². The molecule has 3 aliphatic heterocycles. The lowest BCUT2D eigenvalue weighted by Crippen LogP contribution is -2.51. The average molecular weight is 445 g/mol. The molecule has 6 nitrogen and oxygen atoms in total. The Bertz CT molecular complexity index is 1080. The summed E-state index contributed by atoms with van der Waals surface area (Å²) in [4.78, 5) is 33.4. The first-order chi connectivity index (χ1) is 15.3. The Morgan fingerprint density at radius 3 is 2.44 bits per heavy atom. The average Bonchev–Trinajstić information content (AvgIpc) is 3.28. The highest BCUT2D eigenvalue weighted by Crippen LogP contribution is 2.47. The number of carbonyl (C=O) groups excluding carboxylic acids is 2. The van der Waals surface area contributed by atoms with Gasteiger partial charge in [-0.2, -0.15) is 0 Å². The van der Waals surface area contributed by atoms with Gasteiger partial charge in [-0.15, -0.1) is 0 Å². The minimum Gasteiger partial charge on any atom is -0.342 e. The van der Waals surface area contributed by atoms with Crippen molar-refractivity contribution in [1.82, 2.24) is 14.8 Å². The van der Waals surface area contributed by atoms with Gasteiger partial charge in [0.2, 0.25) is 0 Å². The topological polar surface area (TPSA) is 62.7 Å². The second-order valence-corrected chi connectivity index (χ2v) is 8.63. The maximum atomic E-state index is 13.7. The van der Waals surface area contributed by atoms with Crippen molar-refractivity contribution in [2.45, 2.75) is 50.5 Å². The first-order valence-corrected chi connectivity index (χ1v) is 10.7. The summed E-state index contributed by atoms with van der Waals surface area (Å²) in [5, 5.41) is 0. The van der Waals surface area contributed by atoms with Crippen LogP contribution in [0.15, 0.2) is 30.3 Å². The van der Waals surface area contributed by atoms with Crippen LogP contribution in [0.4, 0.5) is 13.2 Å². The van der Waals surface area contributed by atoms with Gasteiger partial charge in [0.15, 0.2) is 5.60 Å². The van der Waals surface area contributed by atoms with Gasteiger partial charge in [0, 0.05) is 32.0 Å². The minimum absolute atomic E-state index is 0.152. The van der Waals surface area contributed by atoms with Crippen LogP contribution < -0.4 is 0 Å². The molecule has 1 spiro atoms. The Balaban J connectivity index is 1.31. The predicted octanol–water partition coefficient (Wildman–Crippen LogP) is 3.50. The summed E-state index contributed by atoms with van der Waals surface area (Å²) in [6.45, 7) is 2.08. The fourth-order valence-corrected chi connectivity index (χ4v) is 5.04. The van der Waals surface area contributed by atoms with Crippen molar-refractivity contribution in [2.75, 3.05) is 13.1 Å². The molecule has 4 heterocycles. The Morgan fingerprint density at radius 2 is 1.78 bits per heavy atom. The van der Waals surface area contributed by atoms with Crippen LogP contribution in [0.25, 0.3) is 0 Å². The Kier molecular flexibility index (Phi) is 4.96. The molecule has 3 fully saturated rings. The number of benzene rings is 1. The molecular formula is C23H22F3N3O3. The SMILES string of the molecule is Cc1nc(C(=O)N2CCC3(CC2)O[C@@H]2CC[C@@H](c4cc(F)cc(F)c4)N2C3=O)ccc1F. The monoisotopic (exact) mass is 445 g/mol. The van der Waals surface area contributed by atoms with Gasteiger partial charge >= 0.3 is 0 Å². The molecule has 9 heteroatoms. The van der Waals surface area contributed by atoms with Crippen molar-refractivity contribution in [2.24, 2.45) is 0 Å². The smallest absolute Gasteiger partial charge is 0.272 e. The molecule has 168 valence electrons. The minimum atomic E-state index is -1.04. The first kappa shape index (κ1) is 20.9. The van der Waals surface area contributed by atoms with Gasteiger partial charge in [0.25, 0.3) is 11.8 Å². The summed E-state index contributed by atoms with van der Waals surface area (Å²) in [6, 6.07) is 5.45. The van der Waals surface area contributed by atoms with E-state index < -0.39 is 35.3 Å². The molecule has 32 heavy (non-hydrogen) atoms. The number of likely N-dealkylation sites (tertiary alicyclic amines) is 1. The van der Waals surface area contributed by atoms with E-state index in [-0.39, 0.29) is 23.2 Å². The van der Waals surface area contributed by atoms with E-state index in [0.717, 1.165) is 6.07 Å². The Morgan fingerprint density at radius 1 is 1.09 bits per heavy atom. The molecule has 0 radical (unpaired) electrons. The van der Waals surface area contributed by atoms with Crippen LogP contribution in [0, 0.1) is 24.4 Å². The zero-order valence-corrected chi connectivity index (χ0v) is 17.5. The van der Waals surface area contributed by atoms with Crippen LogP contribution in [0.2, 0.25) is 0 Å². The third-order valence-electron chi connectivity index (χ3n) is 6.69. The lowest BCUT2D eigenvalue weighted by molar-refractivity contribution is -0.142. The second-order valence-electron chi connectivity index (χ2n) is 8.63. The van der Waals surface area contributed by atoms with Gasteiger partial charge in [0.05, 0.1) is 11.7 Å². The molecule has 0 bridgehead atoms. The predicted molar refractivity (Wildman–Crippen MR) is 107 cm³/mol. The number of amides is 2. The maximum Gasteiger partial charge on any atom is 0.272 e. The summed E-state index contributed by atoms with van der Waals surface area (Å²) in [6.07, 6.45) is 1.33. The molecule has 0 unspecified atom stereocenters. The molecule has 0 N–H and O–H groups in total. The van der Waals surface area contributed by atoms with Crippen LogP contribution in [0.3, 0.4) is 0 Å². The number of pyridine rings is 1. The normalized spacial score (nSPS) is 24.3. The molecule has 2 amide bonds. The van der Waals surface area contributed by atoms with Gasteiger partial charge in [-0.05, 0) is 49.6 Å². The van der Waals surface area contributed by atoms with Gasteiger partial charge in [-0.25, -0.2) is 18.2 Å². The largest absolute Gasteiger partial charge is 0.342 e. The molecule has 2 atom stereocenters. The molecule has 3 saturated heterocycles. The highest BCUT2D eigenvalue weighted by molar-refractivity contribution is 5.93. The molecule has 2 aromatic rings. The summed E-state index contributed by atoms with van der Waals surface area (Å²) in [5.41, 5.74) is -0.311. The third-order valence-corrected chi connectivity index (χ3v) is 6.69. The number of nitrogens with zero attached hydrogens (tertiary/aromatic N) is 3. The lowest BCUT2D eigenvalue weighted by atomic mass is 9.89. The number of ether oxygens (including phenoxy) is 1.